The standard InChI is InChI=1S/C26H33N3O4/c1-5-18(3)33-24-21(13-12-20-10-8-19(6-2)9-11-20)14-15-22-23(27-24)28-26(31)29(25(22)30)16-7-17-32-4/h5,8-11,21H,1,3,6-7,12-17H2,2,4H3,(H,28,31). The summed E-state index contributed by atoms with van der Waals surface area (Å²) in [5.41, 5.74) is 2.28. The molecule has 1 atom stereocenters. The number of benzene rings is 1. The number of hydrogen-bond acceptors (Lipinski definition) is 5. The first kappa shape index (κ1) is 24.5. The SMILES string of the molecule is C=CC(=C)OC1=Nc2[nH]c(=O)n(CCCOC)c(=O)c2CCC1CCc1ccc(CC)cc1. The van der Waals surface area contributed by atoms with Crippen LogP contribution in [0.3, 0.4) is 0 Å². The second-order valence-corrected chi connectivity index (χ2v) is 8.23. The summed E-state index contributed by atoms with van der Waals surface area (Å²) in [4.78, 5) is 33.0. The molecule has 0 bridgehead atoms. The summed E-state index contributed by atoms with van der Waals surface area (Å²) in [5.74, 6) is 1.08. The molecule has 0 fully saturated rings. The minimum absolute atomic E-state index is 0.0233. The molecule has 0 saturated carbocycles. The molecule has 3 rings (SSSR count). The number of aromatic amines is 1. The summed E-state index contributed by atoms with van der Waals surface area (Å²) in [7, 11) is 1.59. The van der Waals surface area contributed by atoms with Crippen molar-refractivity contribution in [3.63, 3.8) is 0 Å². The summed E-state index contributed by atoms with van der Waals surface area (Å²) in [6.07, 6.45) is 5.95. The highest BCUT2D eigenvalue weighted by molar-refractivity contribution is 5.83. The van der Waals surface area contributed by atoms with Gasteiger partial charge in [-0.05, 0) is 55.7 Å². The Morgan fingerprint density at radius 2 is 2.00 bits per heavy atom. The van der Waals surface area contributed by atoms with Gasteiger partial charge in [-0.15, -0.1) is 0 Å². The first-order valence-corrected chi connectivity index (χ1v) is 11.5. The highest BCUT2D eigenvalue weighted by Gasteiger charge is 2.26. The highest BCUT2D eigenvalue weighted by Crippen LogP contribution is 2.27. The molecule has 0 aliphatic carbocycles. The number of nitrogens with one attached hydrogen (secondary N) is 1. The smallest absolute Gasteiger partial charge is 0.329 e. The van der Waals surface area contributed by atoms with Crippen molar-refractivity contribution < 1.29 is 9.47 Å². The van der Waals surface area contributed by atoms with Crippen molar-refractivity contribution in [3.8, 4) is 0 Å². The topological polar surface area (TPSA) is 85.7 Å². The quantitative estimate of drug-likeness (QED) is 0.335. The van der Waals surface area contributed by atoms with Crippen LogP contribution < -0.4 is 11.2 Å². The number of fused-ring (bicyclic) bond motifs is 1. The van der Waals surface area contributed by atoms with Crippen molar-refractivity contribution in [1.29, 1.82) is 0 Å². The molecule has 1 N–H and O–H groups in total. The molecule has 2 heterocycles. The molecule has 0 spiro atoms. The van der Waals surface area contributed by atoms with Crippen LogP contribution in [0.25, 0.3) is 0 Å². The van der Waals surface area contributed by atoms with E-state index in [9.17, 15) is 9.59 Å². The van der Waals surface area contributed by atoms with E-state index in [1.54, 1.807) is 7.11 Å². The van der Waals surface area contributed by atoms with Crippen molar-refractivity contribution >= 4 is 11.7 Å². The maximum absolute atomic E-state index is 13.1. The second kappa shape index (κ2) is 11.6. The van der Waals surface area contributed by atoms with Gasteiger partial charge < -0.3 is 9.47 Å². The molecule has 1 aromatic heterocycles. The molecule has 176 valence electrons. The van der Waals surface area contributed by atoms with Crippen LogP contribution in [0.15, 0.2) is 63.8 Å². The first-order valence-electron chi connectivity index (χ1n) is 11.5. The normalized spacial score (nSPS) is 15.3. The lowest BCUT2D eigenvalue weighted by atomic mass is 9.93. The molecule has 0 amide bonds. The van der Waals surface area contributed by atoms with E-state index < -0.39 is 5.69 Å². The Balaban J connectivity index is 1.88. The third kappa shape index (κ3) is 6.20. The Morgan fingerprint density at radius 1 is 1.27 bits per heavy atom. The number of aliphatic imine (C=N–C) groups is 1. The van der Waals surface area contributed by atoms with Gasteiger partial charge in [0.2, 0.25) is 0 Å². The number of aromatic nitrogens is 2. The largest absolute Gasteiger partial charge is 0.443 e. The van der Waals surface area contributed by atoms with Gasteiger partial charge >= 0.3 is 5.69 Å². The van der Waals surface area contributed by atoms with E-state index in [1.807, 2.05) is 0 Å². The predicted molar refractivity (Wildman–Crippen MR) is 131 cm³/mol. The molecule has 0 saturated heterocycles. The Bertz CT molecular complexity index is 1130. The van der Waals surface area contributed by atoms with E-state index in [0.717, 1.165) is 19.3 Å². The molecule has 7 nitrogen and oxygen atoms in total. The van der Waals surface area contributed by atoms with Gasteiger partial charge in [-0.2, -0.15) is 4.99 Å². The zero-order chi connectivity index (χ0) is 23.8. The Labute approximate surface area is 194 Å². The Kier molecular flexibility index (Phi) is 8.60. The third-order valence-corrected chi connectivity index (χ3v) is 5.98. The number of allylic oxidation sites excluding steroid dienone is 1. The van der Waals surface area contributed by atoms with Crippen LogP contribution in [0.1, 0.15) is 42.9 Å². The minimum atomic E-state index is -0.477. The van der Waals surface area contributed by atoms with Gasteiger partial charge in [0.25, 0.3) is 5.56 Å². The first-order chi connectivity index (χ1) is 16.0. The van der Waals surface area contributed by atoms with E-state index in [1.165, 1.54) is 21.8 Å². The maximum atomic E-state index is 13.1. The van der Waals surface area contributed by atoms with Gasteiger partial charge in [0.05, 0.1) is 5.56 Å². The summed E-state index contributed by atoms with van der Waals surface area (Å²) in [6, 6.07) is 8.61. The van der Waals surface area contributed by atoms with Gasteiger partial charge in [0.15, 0.2) is 5.90 Å². The molecule has 7 heteroatoms. The van der Waals surface area contributed by atoms with Crippen molar-refractivity contribution in [2.75, 3.05) is 13.7 Å². The molecule has 33 heavy (non-hydrogen) atoms. The zero-order valence-corrected chi connectivity index (χ0v) is 19.6. The van der Waals surface area contributed by atoms with Gasteiger partial charge in [0, 0.05) is 26.2 Å². The Morgan fingerprint density at radius 3 is 2.67 bits per heavy atom. The average molecular weight is 452 g/mol. The third-order valence-electron chi connectivity index (χ3n) is 5.98. The second-order valence-electron chi connectivity index (χ2n) is 8.23. The van der Waals surface area contributed by atoms with Gasteiger partial charge in [-0.3, -0.25) is 14.3 Å². The molecule has 2 aromatic rings. The molecular weight excluding hydrogens is 418 g/mol. The van der Waals surface area contributed by atoms with Gasteiger partial charge in [0.1, 0.15) is 11.6 Å². The number of hydrogen-bond donors (Lipinski definition) is 1. The number of ether oxygens (including phenoxy) is 2. The molecule has 1 aromatic carbocycles. The van der Waals surface area contributed by atoms with Crippen LogP contribution in [0.5, 0.6) is 0 Å². The number of methoxy groups -OCH3 is 1. The lowest BCUT2D eigenvalue weighted by Gasteiger charge is -2.18. The fourth-order valence-electron chi connectivity index (χ4n) is 3.97. The van der Waals surface area contributed by atoms with Crippen LogP contribution in [-0.2, 0) is 35.3 Å². The van der Waals surface area contributed by atoms with Crippen LogP contribution in [-0.4, -0.2) is 29.2 Å². The molecule has 1 aliphatic rings. The summed E-state index contributed by atoms with van der Waals surface area (Å²) < 4.78 is 12.2. The van der Waals surface area contributed by atoms with Crippen LogP contribution in [0.4, 0.5) is 5.82 Å². The monoisotopic (exact) mass is 451 g/mol. The minimum Gasteiger partial charge on any atom is -0.443 e. The lowest BCUT2D eigenvalue weighted by molar-refractivity contribution is 0.189. The fourth-order valence-corrected chi connectivity index (χ4v) is 3.97. The van der Waals surface area contributed by atoms with Crippen LogP contribution >= 0.6 is 0 Å². The Hall–Kier alpha value is -3.19. The maximum Gasteiger partial charge on any atom is 0.329 e. The molecular formula is C26H33N3O4. The zero-order valence-electron chi connectivity index (χ0n) is 19.6. The summed E-state index contributed by atoms with van der Waals surface area (Å²) in [6.45, 7) is 10.5. The number of aryl methyl sites for hydroxylation is 2. The van der Waals surface area contributed by atoms with Crippen molar-refractivity contribution in [1.82, 2.24) is 9.55 Å². The van der Waals surface area contributed by atoms with Crippen LogP contribution in [0.2, 0.25) is 0 Å². The molecule has 1 unspecified atom stereocenters. The van der Waals surface area contributed by atoms with Crippen molar-refractivity contribution in [3.05, 3.63) is 86.8 Å². The van der Waals surface area contributed by atoms with Crippen LogP contribution in [0, 0.1) is 5.92 Å². The molecule has 1 aliphatic heterocycles. The van der Waals surface area contributed by atoms with Gasteiger partial charge in [-0.25, -0.2) is 4.79 Å². The fraction of sp³-hybridized carbons (Fsp3) is 0.423. The summed E-state index contributed by atoms with van der Waals surface area (Å²) in [5, 5.41) is 0. The van der Waals surface area contributed by atoms with Crippen molar-refractivity contribution in [2.24, 2.45) is 10.9 Å². The molecule has 0 radical (unpaired) electrons. The lowest BCUT2D eigenvalue weighted by Crippen LogP contribution is -2.37. The highest BCUT2D eigenvalue weighted by atomic mass is 16.5. The number of H-pyrrole nitrogens is 1. The van der Waals surface area contributed by atoms with Crippen molar-refractivity contribution in [2.45, 2.75) is 52.0 Å². The van der Waals surface area contributed by atoms with E-state index in [4.69, 9.17) is 9.47 Å². The average Bonchev–Trinajstić information content (AvgIpc) is 2.99. The predicted octanol–water partition coefficient (Wildman–Crippen LogP) is 4.08. The van der Waals surface area contributed by atoms with E-state index in [2.05, 4.69) is 54.3 Å². The summed E-state index contributed by atoms with van der Waals surface area (Å²) >= 11 is 0. The number of nitrogens with zero attached hydrogens (tertiary/aromatic N) is 2. The van der Waals surface area contributed by atoms with E-state index in [0.29, 0.717) is 49.6 Å². The number of rotatable bonds is 10. The van der Waals surface area contributed by atoms with Gasteiger partial charge in [-0.1, -0.05) is 44.3 Å². The van der Waals surface area contributed by atoms with E-state index >= 15 is 0 Å². The van der Waals surface area contributed by atoms with E-state index in [-0.39, 0.29) is 17.3 Å².